The molecule has 0 spiro atoms. The van der Waals surface area contributed by atoms with Crippen molar-refractivity contribution in [2.24, 2.45) is 7.05 Å². The Hall–Kier alpha value is -0.441. The van der Waals surface area contributed by atoms with E-state index < -0.39 is 18.4 Å². The quantitative estimate of drug-likeness (QED) is 0.402. The van der Waals surface area contributed by atoms with Crippen LogP contribution in [-0.4, -0.2) is 22.9 Å². The summed E-state index contributed by atoms with van der Waals surface area (Å²) in [6, 6.07) is 11.6. The predicted molar refractivity (Wildman–Crippen MR) is 107 cm³/mol. The molecule has 0 saturated carbocycles. The third-order valence-corrected chi connectivity index (χ3v) is 21.2. The zero-order valence-electron chi connectivity index (χ0n) is 15.7. The van der Waals surface area contributed by atoms with E-state index in [9.17, 15) is 0 Å². The average molecular weight is 420 g/mol. The SMILES string of the molecule is CCC[CH2][Sn]([CH2]CCC)([CH2]CCC)[c]1cc2ccccc2n1C. The first-order chi connectivity index (χ1) is 11.2. The first-order valence-corrected chi connectivity index (χ1v) is 17.2. The van der Waals surface area contributed by atoms with E-state index in [4.69, 9.17) is 0 Å². The number of hydrogen-bond donors (Lipinski definition) is 0. The van der Waals surface area contributed by atoms with Crippen LogP contribution in [0.25, 0.3) is 10.9 Å². The summed E-state index contributed by atoms with van der Waals surface area (Å²) in [7, 11) is 2.33. The molecule has 128 valence electrons. The number of nitrogens with zero attached hydrogens (tertiary/aromatic N) is 1. The van der Waals surface area contributed by atoms with Crippen molar-refractivity contribution >= 4 is 33.0 Å². The van der Waals surface area contributed by atoms with E-state index in [1.165, 1.54) is 49.4 Å². The van der Waals surface area contributed by atoms with Crippen molar-refractivity contribution in [1.29, 1.82) is 0 Å². The van der Waals surface area contributed by atoms with E-state index in [1.54, 1.807) is 17.0 Å². The van der Waals surface area contributed by atoms with E-state index in [0.29, 0.717) is 0 Å². The average Bonchev–Trinajstić information content (AvgIpc) is 2.92. The number of aromatic nitrogens is 1. The number of unbranched alkanes of at least 4 members (excludes halogenated alkanes) is 3. The molecule has 2 rings (SSSR count). The minimum atomic E-state index is -2.31. The maximum atomic E-state index is 2.58. The Morgan fingerprint density at radius 2 is 1.35 bits per heavy atom. The maximum absolute atomic E-state index is 2.58. The molecule has 1 heterocycles. The topological polar surface area (TPSA) is 4.93 Å². The Morgan fingerprint density at radius 3 is 1.83 bits per heavy atom. The normalized spacial score (nSPS) is 12.2. The van der Waals surface area contributed by atoms with E-state index in [1.807, 2.05) is 0 Å². The van der Waals surface area contributed by atoms with Gasteiger partial charge in [-0.3, -0.25) is 0 Å². The van der Waals surface area contributed by atoms with Crippen LogP contribution in [0, 0.1) is 0 Å². The Balaban J connectivity index is 2.48. The van der Waals surface area contributed by atoms with Gasteiger partial charge in [-0.15, -0.1) is 0 Å². The molecule has 2 heteroatoms. The first-order valence-electron chi connectivity index (χ1n) is 9.73. The summed E-state index contributed by atoms with van der Waals surface area (Å²) in [6.45, 7) is 7.08. The van der Waals surface area contributed by atoms with Gasteiger partial charge in [-0.2, -0.15) is 0 Å². The Bertz CT molecular complexity index is 577. The van der Waals surface area contributed by atoms with Crippen LogP contribution >= 0.6 is 0 Å². The van der Waals surface area contributed by atoms with Gasteiger partial charge in [0.1, 0.15) is 0 Å². The molecule has 23 heavy (non-hydrogen) atoms. The van der Waals surface area contributed by atoms with Gasteiger partial charge >= 0.3 is 148 Å². The number of fused-ring (bicyclic) bond motifs is 1. The molecule has 0 saturated heterocycles. The van der Waals surface area contributed by atoms with Crippen LogP contribution in [0.15, 0.2) is 30.3 Å². The molecular formula is C21H35NSn. The summed E-state index contributed by atoms with van der Waals surface area (Å²) >= 11 is -2.31. The molecule has 0 amide bonds. The Kier molecular flexibility index (Phi) is 7.51. The molecule has 0 radical (unpaired) electrons. The van der Waals surface area contributed by atoms with Crippen LogP contribution in [0.2, 0.25) is 13.3 Å². The van der Waals surface area contributed by atoms with Gasteiger partial charge in [0.2, 0.25) is 0 Å². The fraction of sp³-hybridized carbons (Fsp3) is 0.619. The summed E-state index contributed by atoms with van der Waals surface area (Å²) in [5, 5.41) is 1.45. The molecule has 0 unspecified atom stereocenters. The van der Waals surface area contributed by atoms with Gasteiger partial charge in [0.15, 0.2) is 0 Å². The standard InChI is InChI=1S/C9H8N.3C4H9.Sn/c1-10-7-6-8-4-2-3-5-9(8)10;3*1-3-4-2;/h2-6H,1H3;3*1,3-4H2,2H3;. The molecular weight excluding hydrogens is 385 g/mol. The van der Waals surface area contributed by atoms with E-state index in [2.05, 4.69) is 62.7 Å². The molecule has 0 fully saturated rings. The van der Waals surface area contributed by atoms with Gasteiger partial charge in [0.25, 0.3) is 0 Å². The number of para-hydroxylation sites is 1. The van der Waals surface area contributed by atoms with Gasteiger partial charge in [-0.1, -0.05) is 0 Å². The molecule has 0 aliphatic carbocycles. The van der Waals surface area contributed by atoms with Crippen molar-refractivity contribution in [1.82, 2.24) is 4.57 Å². The van der Waals surface area contributed by atoms with Gasteiger partial charge in [-0.05, 0) is 0 Å². The molecule has 0 bridgehead atoms. The third kappa shape index (κ3) is 4.35. The summed E-state index contributed by atoms with van der Waals surface area (Å²) in [6.07, 6.45) is 8.35. The zero-order chi connectivity index (χ0) is 16.7. The number of benzene rings is 1. The molecule has 1 aromatic heterocycles. The molecule has 2 aromatic rings. The van der Waals surface area contributed by atoms with Gasteiger partial charge < -0.3 is 0 Å². The van der Waals surface area contributed by atoms with Crippen LogP contribution in [-0.2, 0) is 7.05 Å². The molecule has 0 atom stereocenters. The number of rotatable bonds is 10. The Labute approximate surface area is 147 Å². The van der Waals surface area contributed by atoms with Crippen molar-refractivity contribution in [3.8, 4) is 0 Å². The summed E-state index contributed by atoms with van der Waals surface area (Å²) in [4.78, 5) is 0. The molecule has 0 aliphatic rings. The van der Waals surface area contributed by atoms with Crippen LogP contribution in [0.1, 0.15) is 59.3 Å². The third-order valence-electron chi connectivity index (χ3n) is 5.52. The zero-order valence-corrected chi connectivity index (χ0v) is 18.6. The monoisotopic (exact) mass is 421 g/mol. The second kappa shape index (κ2) is 9.15. The predicted octanol–water partition coefficient (Wildman–Crippen LogP) is 6.23. The molecule has 1 nitrogen and oxygen atoms in total. The molecule has 0 N–H and O–H groups in total. The number of hydrogen-bond acceptors (Lipinski definition) is 0. The Morgan fingerprint density at radius 1 is 0.826 bits per heavy atom. The summed E-state index contributed by atoms with van der Waals surface area (Å²) in [5.41, 5.74) is 1.44. The van der Waals surface area contributed by atoms with E-state index in [0.717, 1.165) is 0 Å². The van der Waals surface area contributed by atoms with Crippen molar-refractivity contribution in [3.05, 3.63) is 30.3 Å². The van der Waals surface area contributed by atoms with Gasteiger partial charge in [0.05, 0.1) is 0 Å². The molecule has 1 aromatic carbocycles. The van der Waals surface area contributed by atoms with Crippen LogP contribution in [0.5, 0.6) is 0 Å². The fourth-order valence-electron chi connectivity index (χ4n) is 4.10. The molecule has 0 aliphatic heterocycles. The van der Waals surface area contributed by atoms with E-state index in [-0.39, 0.29) is 0 Å². The van der Waals surface area contributed by atoms with Crippen LogP contribution in [0.3, 0.4) is 0 Å². The van der Waals surface area contributed by atoms with Crippen LogP contribution < -0.4 is 3.71 Å². The van der Waals surface area contributed by atoms with E-state index >= 15 is 0 Å². The van der Waals surface area contributed by atoms with Gasteiger partial charge in [-0.25, -0.2) is 0 Å². The minimum absolute atomic E-state index is 1.35. The summed E-state index contributed by atoms with van der Waals surface area (Å²) in [5.74, 6) is 0. The van der Waals surface area contributed by atoms with Crippen LogP contribution in [0.4, 0.5) is 0 Å². The van der Waals surface area contributed by atoms with Crippen molar-refractivity contribution in [3.63, 3.8) is 0 Å². The van der Waals surface area contributed by atoms with Crippen molar-refractivity contribution < 1.29 is 0 Å². The first kappa shape index (κ1) is 18.9. The fourth-order valence-corrected chi connectivity index (χ4v) is 21.0. The number of aryl methyl sites for hydroxylation is 1. The second-order valence-electron chi connectivity index (χ2n) is 7.24. The van der Waals surface area contributed by atoms with Gasteiger partial charge in [0, 0.05) is 0 Å². The second-order valence-corrected chi connectivity index (χ2v) is 20.3. The summed E-state index contributed by atoms with van der Waals surface area (Å²) < 4.78 is 9.02. The van der Waals surface area contributed by atoms with Crippen molar-refractivity contribution in [2.75, 3.05) is 0 Å². The van der Waals surface area contributed by atoms with Crippen molar-refractivity contribution in [2.45, 2.75) is 72.6 Å².